The number of nitro groups is 1. The summed E-state index contributed by atoms with van der Waals surface area (Å²) in [4.78, 5) is 37.5. The van der Waals surface area contributed by atoms with E-state index < -0.39 is 40.2 Å². The highest BCUT2D eigenvalue weighted by atomic mass is 35.5. The molecule has 1 N–H and O–H groups in total. The van der Waals surface area contributed by atoms with Gasteiger partial charge in [-0.05, 0) is 19.1 Å². The molecule has 0 saturated heterocycles. The van der Waals surface area contributed by atoms with E-state index in [0.29, 0.717) is 12.3 Å². The molecule has 1 aromatic carbocycles. The molecule has 1 heterocycles. The van der Waals surface area contributed by atoms with Crippen LogP contribution >= 0.6 is 11.6 Å². The van der Waals surface area contributed by atoms with Crippen LogP contribution in [0.25, 0.3) is 0 Å². The molecule has 0 fully saturated rings. The Hall–Kier alpha value is -3.21. The number of ether oxygens (including phenoxy) is 1. The Labute approximate surface area is 160 Å². The van der Waals surface area contributed by atoms with Crippen molar-refractivity contribution in [3.8, 4) is 0 Å². The summed E-state index contributed by atoms with van der Waals surface area (Å²) >= 11 is 5.66. The van der Waals surface area contributed by atoms with Gasteiger partial charge in [0.1, 0.15) is 0 Å². The van der Waals surface area contributed by atoms with Gasteiger partial charge >= 0.3 is 12.1 Å². The molecule has 0 bridgehead atoms. The summed E-state index contributed by atoms with van der Waals surface area (Å²) in [5.74, 6) is -2.24. The minimum atomic E-state index is -4.65. The van der Waals surface area contributed by atoms with Crippen molar-refractivity contribution in [2.24, 2.45) is 0 Å². The van der Waals surface area contributed by atoms with Crippen molar-refractivity contribution in [2.45, 2.75) is 13.1 Å². The Bertz CT molecular complexity index is 950. The highest BCUT2D eigenvalue weighted by Gasteiger charge is 2.31. The number of carbonyl (C=O) groups excluding carboxylic acids is 2. The second kappa shape index (κ2) is 8.21. The second-order valence-electron chi connectivity index (χ2n) is 5.38. The number of benzene rings is 1. The fraction of sp³-hybridized carbons (Fsp3) is 0.188. The first-order chi connectivity index (χ1) is 13.0. The molecule has 2 aromatic rings. The fourth-order valence-electron chi connectivity index (χ4n) is 2.10. The van der Waals surface area contributed by atoms with Crippen LogP contribution in [0.5, 0.6) is 0 Å². The number of halogens is 4. The molecule has 148 valence electrons. The lowest BCUT2D eigenvalue weighted by Crippen LogP contribution is -2.22. The third-order valence-electron chi connectivity index (χ3n) is 3.48. The first-order valence-corrected chi connectivity index (χ1v) is 7.82. The molecule has 0 aliphatic heterocycles. The predicted octanol–water partition coefficient (Wildman–Crippen LogP) is 3.77. The summed E-state index contributed by atoms with van der Waals surface area (Å²) in [6.07, 6.45) is -4.16. The molecule has 0 radical (unpaired) electrons. The highest BCUT2D eigenvalue weighted by molar-refractivity contribution is 6.33. The Kier molecular flexibility index (Phi) is 6.19. The van der Waals surface area contributed by atoms with Crippen LogP contribution < -0.4 is 5.32 Å². The average Bonchev–Trinajstić information content (AvgIpc) is 2.60. The zero-order valence-corrected chi connectivity index (χ0v) is 14.8. The molecule has 2 rings (SSSR count). The standard InChI is InChI=1S/C16H11ClF3N3O5/c1-8-10(3-2-4-12(8)23(26)27)15(25)28-7-13(24)22-14-11(17)5-9(6-21-14)16(18,19)20/h2-6H,7H2,1H3,(H,21,22,24). The topological polar surface area (TPSA) is 111 Å². The van der Waals surface area contributed by atoms with E-state index >= 15 is 0 Å². The summed E-state index contributed by atoms with van der Waals surface area (Å²) in [5.41, 5.74) is -1.43. The van der Waals surface area contributed by atoms with Crippen molar-refractivity contribution in [1.29, 1.82) is 0 Å². The van der Waals surface area contributed by atoms with E-state index in [1.165, 1.54) is 25.1 Å². The van der Waals surface area contributed by atoms with Crippen LogP contribution in [0, 0.1) is 17.0 Å². The third-order valence-corrected chi connectivity index (χ3v) is 3.77. The van der Waals surface area contributed by atoms with E-state index in [0.717, 1.165) is 0 Å². The van der Waals surface area contributed by atoms with Crippen LogP contribution in [0.3, 0.4) is 0 Å². The normalized spacial score (nSPS) is 11.0. The molecule has 28 heavy (non-hydrogen) atoms. The predicted molar refractivity (Wildman–Crippen MR) is 91.0 cm³/mol. The van der Waals surface area contributed by atoms with E-state index in [-0.39, 0.29) is 22.6 Å². The quantitative estimate of drug-likeness (QED) is 0.450. The van der Waals surface area contributed by atoms with Gasteiger partial charge in [0, 0.05) is 17.8 Å². The smallest absolute Gasteiger partial charge is 0.417 e. The van der Waals surface area contributed by atoms with Crippen molar-refractivity contribution in [1.82, 2.24) is 4.98 Å². The number of pyridine rings is 1. The van der Waals surface area contributed by atoms with Crippen LogP contribution in [0.15, 0.2) is 30.5 Å². The summed E-state index contributed by atoms with van der Waals surface area (Å²) in [6.45, 7) is 0.542. The van der Waals surface area contributed by atoms with Gasteiger partial charge in [0.25, 0.3) is 11.6 Å². The minimum absolute atomic E-state index is 0.0605. The van der Waals surface area contributed by atoms with Gasteiger partial charge in [-0.2, -0.15) is 13.2 Å². The second-order valence-corrected chi connectivity index (χ2v) is 5.79. The zero-order chi connectivity index (χ0) is 21.1. The molecule has 8 nitrogen and oxygen atoms in total. The van der Waals surface area contributed by atoms with Crippen LogP contribution in [-0.4, -0.2) is 28.4 Å². The highest BCUT2D eigenvalue weighted by Crippen LogP contribution is 2.32. The number of amides is 1. The molecular weight excluding hydrogens is 407 g/mol. The van der Waals surface area contributed by atoms with E-state index in [1.807, 2.05) is 0 Å². The fourth-order valence-corrected chi connectivity index (χ4v) is 2.32. The van der Waals surface area contributed by atoms with Gasteiger partial charge in [0.2, 0.25) is 0 Å². The zero-order valence-electron chi connectivity index (χ0n) is 14.0. The minimum Gasteiger partial charge on any atom is -0.452 e. The average molecular weight is 418 g/mol. The van der Waals surface area contributed by atoms with E-state index in [4.69, 9.17) is 16.3 Å². The van der Waals surface area contributed by atoms with Crippen molar-refractivity contribution >= 4 is 35.0 Å². The number of nitro benzene ring substituents is 1. The molecule has 0 saturated carbocycles. The van der Waals surface area contributed by atoms with Gasteiger partial charge < -0.3 is 10.1 Å². The Morgan fingerprint density at radius 2 is 2.04 bits per heavy atom. The largest absolute Gasteiger partial charge is 0.452 e. The molecule has 0 aliphatic carbocycles. The number of anilines is 1. The molecular formula is C16H11ClF3N3O5. The third kappa shape index (κ3) is 4.94. The molecule has 12 heteroatoms. The van der Waals surface area contributed by atoms with E-state index in [1.54, 1.807) is 0 Å². The van der Waals surface area contributed by atoms with Gasteiger partial charge in [0.15, 0.2) is 12.4 Å². The maximum absolute atomic E-state index is 12.6. The van der Waals surface area contributed by atoms with Crippen molar-refractivity contribution < 1.29 is 32.4 Å². The van der Waals surface area contributed by atoms with E-state index in [9.17, 15) is 32.9 Å². The number of rotatable bonds is 5. The van der Waals surface area contributed by atoms with Crippen LogP contribution in [0.1, 0.15) is 21.5 Å². The molecule has 0 spiro atoms. The lowest BCUT2D eigenvalue weighted by molar-refractivity contribution is -0.385. The van der Waals surface area contributed by atoms with Crippen molar-refractivity contribution in [3.63, 3.8) is 0 Å². The van der Waals surface area contributed by atoms with Crippen LogP contribution in [-0.2, 0) is 15.7 Å². The molecule has 0 atom stereocenters. The molecule has 1 aromatic heterocycles. The first kappa shape index (κ1) is 21.1. The maximum Gasteiger partial charge on any atom is 0.417 e. The van der Waals surface area contributed by atoms with Gasteiger partial charge in [-0.15, -0.1) is 0 Å². The monoisotopic (exact) mass is 417 g/mol. The lowest BCUT2D eigenvalue weighted by Gasteiger charge is -2.10. The van der Waals surface area contributed by atoms with Crippen molar-refractivity contribution in [3.05, 3.63) is 62.3 Å². The Morgan fingerprint density at radius 1 is 1.36 bits per heavy atom. The van der Waals surface area contributed by atoms with Gasteiger partial charge in [0.05, 0.1) is 21.1 Å². The number of esters is 1. The maximum atomic E-state index is 12.6. The van der Waals surface area contributed by atoms with Crippen molar-refractivity contribution in [2.75, 3.05) is 11.9 Å². The summed E-state index contributed by atoms with van der Waals surface area (Å²) in [6, 6.07) is 4.37. The van der Waals surface area contributed by atoms with Gasteiger partial charge in [-0.3, -0.25) is 14.9 Å². The number of carbonyl (C=O) groups is 2. The first-order valence-electron chi connectivity index (χ1n) is 7.44. The summed E-state index contributed by atoms with van der Waals surface area (Å²) in [7, 11) is 0. The summed E-state index contributed by atoms with van der Waals surface area (Å²) in [5, 5.41) is 12.5. The number of hydrogen-bond acceptors (Lipinski definition) is 6. The number of hydrogen-bond donors (Lipinski definition) is 1. The number of aromatic nitrogens is 1. The van der Waals surface area contributed by atoms with Crippen LogP contribution in [0.4, 0.5) is 24.7 Å². The molecule has 0 unspecified atom stereocenters. The number of nitrogens with zero attached hydrogens (tertiary/aromatic N) is 2. The number of nitrogens with one attached hydrogen (secondary N) is 1. The molecule has 1 amide bonds. The summed E-state index contributed by atoms with van der Waals surface area (Å²) < 4.78 is 42.4. The number of alkyl halides is 3. The van der Waals surface area contributed by atoms with Crippen LogP contribution in [0.2, 0.25) is 5.02 Å². The van der Waals surface area contributed by atoms with Gasteiger partial charge in [-0.1, -0.05) is 17.7 Å². The Morgan fingerprint density at radius 3 is 2.61 bits per heavy atom. The lowest BCUT2D eigenvalue weighted by atomic mass is 10.1. The van der Waals surface area contributed by atoms with Gasteiger partial charge in [-0.25, -0.2) is 9.78 Å². The Balaban J connectivity index is 2.02. The molecule has 0 aliphatic rings. The van der Waals surface area contributed by atoms with E-state index in [2.05, 4.69) is 10.3 Å². The SMILES string of the molecule is Cc1c(C(=O)OCC(=O)Nc2ncc(C(F)(F)F)cc2Cl)cccc1[N+](=O)[O-].